The molecule has 0 saturated heterocycles. The summed E-state index contributed by atoms with van der Waals surface area (Å²) in [4.78, 5) is 20.8. The second-order valence-electron chi connectivity index (χ2n) is 2.07. The number of nitrogens with two attached hydrogens (primary N) is 1. The number of nitrogens with one attached hydrogen (secondary N) is 1. The average molecular weight is 195 g/mol. The standard InChI is InChI=1S/C6H11ClN2O3/c1-4(7)5(10)9-2-3-12-6(8)11/h4H,2-3H2,1H3,(H2,8,11)(H,9,10). The van der Waals surface area contributed by atoms with Crippen LogP contribution in [0.3, 0.4) is 0 Å². The van der Waals surface area contributed by atoms with Crippen molar-refractivity contribution in [2.75, 3.05) is 13.2 Å². The summed E-state index contributed by atoms with van der Waals surface area (Å²) >= 11 is 5.43. The van der Waals surface area contributed by atoms with Gasteiger partial charge in [0.1, 0.15) is 12.0 Å². The maximum Gasteiger partial charge on any atom is 0.404 e. The third-order valence-corrected chi connectivity index (χ3v) is 1.21. The number of amides is 2. The molecule has 0 aromatic rings. The molecule has 0 aliphatic carbocycles. The molecular formula is C6H11ClN2O3. The molecule has 0 saturated carbocycles. The molecule has 0 heterocycles. The van der Waals surface area contributed by atoms with E-state index in [9.17, 15) is 9.59 Å². The van der Waals surface area contributed by atoms with E-state index in [1.54, 1.807) is 6.92 Å². The largest absolute Gasteiger partial charge is 0.448 e. The Labute approximate surface area is 75.2 Å². The molecule has 0 aliphatic rings. The maximum absolute atomic E-state index is 10.8. The fraction of sp³-hybridized carbons (Fsp3) is 0.667. The molecule has 3 N–H and O–H groups in total. The first-order valence-electron chi connectivity index (χ1n) is 3.38. The summed E-state index contributed by atoms with van der Waals surface area (Å²) in [7, 11) is 0. The van der Waals surface area contributed by atoms with Crippen molar-refractivity contribution in [2.45, 2.75) is 12.3 Å². The molecule has 1 atom stereocenters. The van der Waals surface area contributed by atoms with Crippen LogP contribution in [0.25, 0.3) is 0 Å². The molecule has 0 spiro atoms. The third-order valence-electron chi connectivity index (χ3n) is 1.01. The van der Waals surface area contributed by atoms with Crippen molar-refractivity contribution >= 4 is 23.6 Å². The van der Waals surface area contributed by atoms with Gasteiger partial charge in [0.25, 0.3) is 0 Å². The lowest BCUT2D eigenvalue weighted by Gasteiger charge is -2.05. The van der Waals surface area contributed by atoms with E-state index in [1.807, 2.05) is 0 Å². The highest BCUT2D eigenvalue weighted by Crippen LogP contribution is 1.91. The summed E-state index contributed by atoms with van der Waals surface area (Å²) in [6.07, 6.45) is -0.858. The van der Waals surface area contributed by atoms with Gasteiger partial charge in [-0.2, -0.15) is 0 Å². The average Bonchev–Trinajstić information content (AvgIpc) is 1.97. The number of ether oxygens (including phenoxy) is 1. The number of rotatable bonds is 4. The van der Waals surface area contributed by atoms with Crippen LogP contribution in [0.15, 0.2) is 0 Å². The van der Waals surface area contributed by atoms with E-state index in [-0.39, 0.29) is 19.1 Å². The lowest BCUT2D eigenvalue weighted by molar-refractivity contribution is -0.120. The summed E-state index contributed by atoms with van der Waals surface area (Å²) in [6.45, 7) is 1.83. The number of halogens is 1. The van der Waals surface area contributed by atoms with E-state index < -0.39 is 11.5 Å². The smallest absolute Gasteiger partial charge is 0.404 e. The van der Waals surface area contributed by atoms with Crippen molar-refractivity contribution in [3.63, 3.8) is 0 Å². The number of hydrogen-bond acceptors (Lipinski definition) is 3. The Kier molecular flexibility index (Phi) is 5.19. The molecule has 6 heteroatoms. The lowest BCUT2D eigenvalue weighted by Crippen LogP contribution is -2.33. The minimum absolute atomic E-state index is 0.0602. The van der Waals surface area contributed by atoms with E-state index in [1.165, 1.54) is 0 Å². The first-order chi connectivity index (χ1) is 5.54. The van der Waals surface area contributed by atoms with Crippen LogP contribution >= 0.6 is 11.6 Å². The van der Waals surface area contributed by atoms with Crippen molar-refractivity contribution in [1.82, 2.24) is 5.32 Å². The summed E-state index contributed by atoms with van der Waals surface area (Å²) in [5.74, 6) is -0.301. The SMILES string of the molecule is CC(Cl)C(=O)NCCOC(N)=O. The highest BCUT2D eigenvalue weighted by Gasteiger charge is 2.07. The van der Waals surface area contributed by atoms with Gasteiger partial charge in [-0.1, -0.05) is 0 Å². The van der Waals surface area contributed by atoms with E-state index in [4.69, 9.17) is 11.6 Å². The molecule has 0 bridgehead atoms. The second-order valence-corrected chi connectivity index (χ2v) is 2.73. The molecule has 5 nitrogen and oxygen atoms in total. The minimum Gasteiger partial charge on any atom is -0.448 e. The number of alkyl halides is 1. The van der Waals surface area contributed by atoms with Crippen LogP contribution in [0, 0.1) is 0 Å². The normalized spacial score (nSPS) is 11.8. The van der Waals surface area contributed by atoms with E-state index in [0.717, 1.165) is 0 Å². The molecule has 0 rings (SSSR count). The van der Waals surface area contributed by atoms with Crippen molar-refractivity contribution < 1.29 is 14.3 Å². The second kappa shape index (κ2) is 5.65. The van der Waals surface area contributed by atoms with E-state index in [2.05, 4.69) is 15.8 Å². The molecule has 0 fully saturated rings. The first kappa shape index (κ1) is 11.0. The van der Waals surface area contributed by atoms with Crippen LogP contribution in [-0.2, 0) is 9.53 Å². The van der Waals surface area contributed by atoms with E-state index >= 15 is 0 Å². The highest BCUT2D eigenvalue weighted by molar-refractivity contribution is 6.30. The van der Waals surface area contributed by atoms with Crippen molar-refractivity contribution in [2.24, 2.45) is 5.73 Å². The van der Waals surface area contributed by atoms with Crippen LogP contribution < -0.4 is 11.1 Å². The van der Waals surface area contributed by atoms with Gasteiger partial charge in [-0.25, -0.2) is 4.79 Å². The van der Waals surface area contributed by atoms with Gasteiger partial charge in [0.2, 0.25) is 5.91 Å². The molecule has 0 aromatic carbocycles. The predicted octanol–water partition coefficient (Wildman–Crippen LogP) is -0.175. The molecular weight excluding hydrogens is 184 g/mol. The maximum atomic E-state index is 10.8. The van der Waals surface area contributed by atoms with Gasteiger partial charge in [-0.05, 0) is 6.92 Å². The quantitative estimate of drug-likeness (QED) is 0.482. The van der Waals surface area contributed by atoms with Crippen molar-refractivity contribution in [1.29, 1.82) is 0 Å². The predicted molar refractivity (Wildman–Crippen MR) is 43.9 cm³/mol. The Morgan fingerprint density at radius 1 is 1.67 bits per heavy atom. The molecule has 0 aromatic heterocycles. The van der Waals surface area contributed by atoms with Gasteiger partial charge in [-0.3, -0.25) is 4.79 Å². The van der Waals surface area contributed by atoms with Gasteiger partial charge in [0.15, 0.2) is 0 Å². The Morgan fingerprint density at radius 3 is 2.67 bits per heavy atom. The Morgan fingerprint density at radius 2 is 2.25 bits per heavy atom. The van der Waals surface area contributed by atoms with Crippen LogP contribution in [0.2, 0.25) is 0 Å². The topological polar surface area (TPSA) is 81.4 Å². The lowest BCUT2D eigenvalue weighted by atomic mass is 10.4. The Bertz CT molecular complexity index is 172. The zero-order chi connectivity index (χ0) is 9.56. The minimum atomic E-state index is -0.858. The molecule has 2 amide bonds. The van der Waals surface area contributed by atoms with Gasteiger partial charge < -0.3 is 15.8 Å². The first-order valence-corrected chi connectivity index (χ1v) is 3.81. The van der Waals surface area contributed by atoms with Crippen molar-refractivity contribution in [3.05, 3.63) is 0 Å². The van der Waals surface area contributed by atoms with Gasteiger partial charge >= 0.3 is 6.09 Å². The summed E-state index contributed by atoms with van der Waals surface area (Å²) < 4.78 is 4.35. The number of primary amides is 1. The summed E-state index contributed by atoms with van der Waals surface area (Å²) in [6, 6.07) is 0. The number of hydrogen-bond donors (Lipinski definition) is 2. The van der Waals surface area contributed by atoms with Gasteiger partial charge in [0.05, 0.1) is 6.54 Å². The Hall–Kier alpha value is -0.970. The van der Waals surface area contributed by atoms with Crippen molar-refractivity contribution in [3.8, 4) is 0 Å². The molecule has 1 unspecified atom stereocenters. The fourth-order valence-corrected chi connectivity index (χ4v) is 0.544. The monoisotopic (exact) mass is 194 g/mol. The highest BCUT2D eigenvalue weighted by atomic mass is 35.5. The van der Waals surface area contributed by atoms with Gasteiger partial charge in [0, 0.05) is 0 Å². The van der Waals surface area contributed by atoms with Crippen LogP contribution in [0.4, 0.5) is 4.79 Å². The Balaban J connectivity index is 3.32. The zero-order valence-electron chi connectivity index (χ0n) is 6.67. The van der Waals surface area contributed by atoms with E-state index in [0.29, 0.717) is 0 Å². The third kappa shape index (κ3) is 5.79. The molecule has 12 heavy (non-hydrogen) atoms. The number of carbonyl (C=O) groups is 2. The fourth-order valence-electron chi connectivity index (χ4n) is 0.466. The van der Waals surface area contributed by atoms with Crippen LogP contribution in [0.5, 0.6) is 0 Å². The molecule has 70 valence electrons. The summed E-state index contributed by atoms with van der Waals surface area (Å²) in [5.41, 5.74) is 4.67. The van der Waals surface area contributed by atoms with Gasteiger partial charge in [-0.15, -0.1) is 11.6 Å². The van der Waals surface area contributed by atoms with Crippen LogP contribution in [0.1, 0.15) is 6.92 Å². The zero-order valence-corrected chi connectivity index (χ0v) is 7.43. The molecule has 0 radical (unpaired) electrons. The van der Waals surface area contributed by atoms with Crippen LogP contribution in [-0.4, -0.2) is 30.5 Å². The number of carbonyl (C=O) groups excluding carboxylic acids is 2. The summed E-state index contributed by atoms with van der Waals surface area (Å²) in [5, 5.41) is 1.85. The molecule has 0 aliphatic heterocycles.